The van der Waals surface area contributed by atoms with E-state index < -0.39 is 12.0 Å². The monoisotopic (exact) mass is 274 g/mol. The molecule has 1 saturated heterocycles. The molecule has 1 atom stereocenters. The van der Waals surface area contributed by atoms with Gasteiger partial charge in [-0.2, -0.15) is 0 Å². The van der Waals surface area contributed by atoms with E-state index in [2.05, 4.69) is 14.8 Å². The smallest absolute Gasteiger partial charge is 0.413 e. The van der Waals surface area contributed by atoms with Gasteiger partial charge in [-0.15, -0.1) is 0 Å². The summed E-state index contributed by atoms with van der Waals surface area (Å²) >= 11 is 0. The molecule has 0 aromatic heterocycles. The fraction of sp³-hybridized carbons (Fsp3) is 0.727. The topological polar surface area (TPSA) is 94.2 Å². The van der Waals surface area contributed by atoms with Crippen molar-refractivity contribution in [3.63, 3.8) is 0 Å². The van der Waals surface area contributed by atoms with Crippen LogP contribution in [0.3, 0.4) is 0 Å². The number of nitrogens with one attached hydrogen (secondary N) is 1. The zero-order valence-electron chi connectivity index (χ0n) is 11.0. The molecule has 0 aliphatic carbocycles. The summed E-state index contributed by atoms with van der Waals surface area (Å²) < 4.78 is 14.3. The maximum atomic E-state index is 11.5. The molecule has 1 rings (SSSR count). The van der Waals surface area contributed by atoms with Gasteiger partial charge in [0.25, 0.3) is 0 Å². The zero-order valence-corrected chi connectivity index (χ0v) is 11.0. The van der Waals surface area contributed by atoms with Crippen molar-refractivity contribution < 1.29 is 28.6 Å². The normalized spacial score (nSPS) is 19.6. The predicted octanol–water partition coefficient (Wildman–Crippen LogP) is -0.867. The first-order chi connectivity index (χ1) is 9.05. The molecule has 1 unspecified atom stereocenters. The second-order valence-electron chi connectivity index (χ2n) is 4.05. The van der Waals surface area contributed by atoms with Crippen molar-refractivity contribution in [2.75, 3.05) is 40.5 Å². The van der Waals surface area contributed by atoms with Gasteiger partial charge < -0.3 is 14.2 Å². The van der Waals surface area contributed by atoms with Gasteiger partial charge in [-0.25, -0.2) is 4.79 Å². The first-order valence-corrected chi connectivity index (χ1v) is 5.83. The molecule has 0 bridgehead atoms. The van der Waals surface area contributed by atoms with E-state index in [1.165, 1.54) is 14.2 Å². The summed E-state index contributed by atoms with van der Waals surface area (Å²) in [6, 6.07) is 0. The van der Waals surface area contributed by atoms with E-state index in [-0.39, 0.29) is 25.0 Å². The van der Waals surface area contributed by atoms with Crippen molar-refractivity contribution in [3.05, 3.63) is 0 Å². The highest BCUT2D eigenvalue weighted by atomic mass is 16.5. The van der Waals surface area contributed by atoms with Crippen LogP contribution in [0.2, 0.25) is 0 Å². The van der Waals surface area contributed by atoms with Gasteiger partial charge in [-0.3, -0.25) is 19.8 Å². The lowest BCUT2D eigenvalue weighted by Crippen LogP contribution is -2.48. The molecule has 19 heavy (non-hydrogen) atoms. The number of alkyl carbamates (subject to hydrolysis) is 1. The molecule has 0 aromatic carbocycles. The molecule has 1 N–H and O–H groups in total. The highest BCUT2D eigenvalue weighted by Gasteiger charge is 2.24. The number of carbonyl (C=O) groups is 3. The van der Waals surface area contributed by atoms with E-state index in [0.29, 0.717) is 19.7 Å². The van der Waals surface area contributed by atoms with Crippen molar-refractivity contribution in [2.45, 2.75) is 12.5 Å². The SMILES string of the molecule is COC(=O)CC1CN(CC(=O)NC(=O)OC)CCO1. The van der Waals surface area contributed by atoms with Crippen LogP contribution in [0.1, 0.15) is 6.42 Å². The molecule has 1 aliphatic heterocycles. The molecule has 8 nitrogen and oxygen atoms in total. The number of amides is 2. The molecule has 1 heterocycles. The summed E-state index contributed by atoms with van der Waals surface area (Å²) in [7, 11) is 2.50. The number of ether oxygens (including phenoxy) is 3. The molecule has 0 saturated carbocycles. The maximum Gasteiger partial charge on any atom is 0.413 e. The Kier molecular flexibility index (Phi) is 6.23. The Bertz CT molecular complexity index is 346. The molecule has 1 aliphatic rings. The standard InChI is InChI=1S/C11H18N2O6/c1-17-10(15)5-8-6-13(3-4-19-8)7-9(14)12-11(16)18-2/h8H,3-7H2,1-2H3,(H,12,14,16). The van der Waals surface area contributed by atoms with Crippen molar-refractivity contribution in [1.29, 1.82) is 0 Å². The molecule has 2 amide bonds. The van der Waals surface area contributed by atoms with Crippen LogP contribution in [0, 0.1) is 0 Å². The van der Waals surface area contributed by atoms with E-state index in [0.717, 1.165) is 0 Å². The van der Waals surface area contributed by atoms with Crippen molar-refractivity contribution >= 4 is 18.0 Å². The Hall–Kier alpha value is -1.67. The summed E-state index contributed by atoms with van der Waals surface area (Å²) in [5.41, 5.74) is 0. The molecule has 0 aromatic rings. The number of nitrogens with zero attached hydrogens (tertiary/aromatic N) is 1. The van der Waals surface area contributed by atoms with Crippen molar-refractivity contribution in [1.82, 2.24) is 10.2 Å². The molecular formula is C11H18N2O6. The van der Waals surface area contributed by atoms with Gasteiger partial charge in [-0.05, 0) is 0 Å². The number of hydrogen-bond acceptors (Lipinski definition) is 7. The lowest BCUT2D eigenvalue weighted by molar-refractivity contribution is -0.145. The zero-order chi connectivity index (χ0) is 14.3. The third kappa shape index (κ3) is 5.66. The van der Waals surface area contributed by atoms with E-state index in [9.17, 15) is 14.4 Å². The predicted molar refractivity (Wildman–Crippen MR) is 63.4 cm³/mol. The largest absolute Gasteiger partial charge is 0.469 e. The van der Waals surface area contributed by atoms with Gasteiger partial charge in [0.2, 0.25) is 5.91 Å². The van der Waals surface area contributed by atoms with E-state index >= 15 is 0 Å². The van der Waals surface area contributed by atoms with Gasteiger partial charge in [0.15, 0.2) is 0 Å². The van der Waals surface area contributed by atoms with Crippen LogP contribution in [0.4, 0.5) is 4.79 Å². The molecular weight excluding hydrogens is 256 g/mol. The minimum atomic E-state index is -0.788. The minimum absolute atomic E-state index is 0.0517. The number of esters is 1. The number of methoxy groups -OCH3 is 2. The lowest BCUT2D eigenvalue weighted by Gasteiger charge is -2.31. The van der Waals surface area contributed by atoms with Crippen LogP contribution in [0.25, 0.3) is 0 Å². The summed E-state index contributed by atoms with van der Waals surface area (Å²) in [5, 5.41) is 2.07. The summed E-state index contributed by atoms with van der Waals surface area (Å²) in [6.45, 7) is 1.47. The highest BCUT2D eigenvalue weighted by Crippen LogP contribution is 2.09. The van der Waals surface area contributed by atoms with E-state index in [1.807, 2.05) is 0 Å². The number of carbonyl (C=O) groups excluding carboxylic acids is 3. The Morgan fingerprint density at radius 3 is 2.68 bits per heavy atom. The lowest BCUT2D eigenvalue weighted by atomic mass is 10.2. The van der Waals surface area contributed by atoms with Crippen LogP contribution in [0.15, 0.2) is 0 Å². The molecule has 0 radical (unpaired) electrons. The van der Waals surface area contributed by atoms with Crippen LogP contribution in [-0.4, -0.2) is 69.4 Å². The van der Waals surface area contributed by atoms with Gasteiger partial charge in [0.1, 0.15) is 0 Å². The molecule has 8 heteroatoms. The summed E-state index contributed by atoms with van der Waals surface area (Å²) in [6.07, 6.45) is -0.942. The third-order valence-corrected chi connectivity index (χ3v) is 2.64. The van der Waals surface area contributed by atoms with Crippen molar-refractivity contribution in [2.24, 2.45) is 0 Å². The van der Waals surface area contributed by atoms with Crippen molar-refractivity contribution in [3.8, 4) is 0 Å². The van der Waals surface area contributed by atoms with Crippen LogP contribution in [-0.2, 0) is 23.8 Å². The molecule has 0 spiro atoms. The Morgan fingerprint density at radius 2 is 2.05 bits per heavy atom. The average Bonchev–Trinajstić information content (AvgIpc) is 2.38. The highest BCUT2D eigenvalue weighted by molar-refractivity contribution is 5.92. The minimum Gasteiger partial charge on any atom is -0.469 e. The number of imide groups is 1. The van der Waals surface area contributed by atoms with E-state index in [4.69, 9.17) is 4.74 Å². The summed E-state index contributed by atoms with van der Waals surface area (Å²) in [5.74, 6) is -0.809. The second kappa shape index (κ2) is 7.70. The fourth-order valence-electron chi connectivity index (χ4n) is 1.72. The van der Waals surface area contributed by atoms with Crippen LogP contribution >= 0.6 is 0 Å². The average molecular weight is 274 g/mol. The second-order valence-corrected chi connectivity index (χ2v) is 4.05. The Balaban J connectivity index is 2.36. The maximum absolute atomic E-state index is 11.5. The van der Waals surface area contributed by atoms with Gasteiger partial charge in [-0.1, -0.05) is 0 Å². The summed E-state index contributed by atoms with van der Waals surface area (Å²) in [4.78, 5) is 35.3. The first-order valence-electron chi connectivity index (χ1n) is 5.83. The van der Waals surface area contributed by atoms with Crippen LogP contribution < -0.4 is 5.32 Å². The first kappa shape index (κ1) is 15.4. The Labute approximate surface area is 111 Å². The third-order valence-electron chi connectivity index (χ3n) is 2.64. The fourth-order valence-corrected chi connectivity index (χ4v) is 1.72. The van der Waals surface area contributed by atoms with E-state index in [1.54, 1.807) is 4.90 Å². The molecule has 108 valence electrons. The van der Waals surface area contributed by atoms with Crippen LogP contribution in [0.5, 0.6) is 0 Å². The quantitative estimate of drug-likeness (QED) is 0.666. The number of morpholine rings is 1. The van der Waals surface area contributed by atoms with Gasteiger partial charge in [0.05, 0.1) is 39.9 Å². The molecule has 1 fully saturated rings. The van der Waals surface area contributed by atoms with Gasteiger partial charge in [0, 0.05) is 13.1 Å². The Morgan fingerprint density at radius 1 is 1.32 bits per heavy atom. The number of hydrogen-bond donors (Lipinski definition) is 1. The van der Waals surface area contributed by atoms with Gasteiger partial charge >= 0.3 is 12.1 Å². The number of rotatable bonds is 4.